The SMILES string of the molecule is Cl.Nc1ncc(CN2CCN(S(=O)(=O)c3ccccc3Cl)CC2)s1. The Balaban J connectivity index is 0.00000208. The molecule has 0 aliphatic carbocycles. The van der Waals surface area contributed by atoms with Crippen LogP contribution in [0.4, 0.5) is 5.13 Å². The number of aromatic nitrogens is 1. The van der Waals surface area contributed by atoms with Crippen LogP contribution in [0.25, 0.3) is 0 Å². The van der Waals surface area contributed by atoms with E-state index < -0.39 is 10.0 Å². The van der Waals surface area contributed by atoms with Crippen molar-refractivity contribution in [3.05, 3.63) is 40.4 Å². The molecule has 0 amide bonds. The van der Waals surface area contributed by atoms with E-state index in [0.717, 1.165) is 11.4 Å². The maximum absolute atomic E-state index is 12.7. The zero-order chi connectivity index (χ0) is 16.4. The molecule has 24 heavy (non-hydrogen) atoms. The first kappa shape index (κ1) is 19.4. The summed E-state index contributed by atoms with van der Waals surface area (Å²) in [6.45, 7) is 2.97. The van der Waals surface area contributed by atoms with Crippen LogP contribution in [0.5, 0.6) is 0 Å². The van der Waals surface area contributed by atoms with Crippen molar-refractivity contribution in [2.24, 2.45) is 0 Å². The van der Waals surface area contributed by atoms with E-state index in [0.29, 0.717) is 31.3 Å². The topological polar surface area (TPSA) is 79.5 Å². The highest BCUT2D eigenvalue weighted by molar-refractivity contribution is 7.89. The molecule has 1 aliphatic rings. The van der Waals surface area contributed by atoms with E-state index in [2.05, 4.69) is 9.88 Å². The maximum Gasteiger partial charge on any atom is 0.244 e. The molecule has 1 saturated heterocycles. The molecule has 1 aromatic heterocycles. The number of benzene rings is 1. The number of rotatable bonds is 4. The fraction of sp³-hybridized carbons (Fsp3) is 0.357. The molecule has 132 valence electrons. The second kappa shape index (κ2) is 7.99. The van der Waals surface area contributed by atoms with Crippen LogP contribution in [-0.2, 0) is 16.6 Å². The molecule has 6 nitrogen and oxygen atoms in total. The summed E-state index contributed by atoms with van der Waals surface area (Å²) >= 11 is 7.49. The predicted octanol–water partition coefficient (Wildman–Crippen LogP) is 2.31. The fourth-order valence-electron chi connectivity index (χ4n) is 2.54. The molecule has 2 aromatic rings. The van der Waals surface area contributed by atoms with Gasteiger partial charge in [-0.15, -0.1) is 23.7 Å². The zero-order valence-corrected chi connectivity index (χ0v) is 16.0. The van der Waals surface area contributed by atoms with Crippen LogP contribution in [0.3, 0.4) is 0 Å². The van der Waals surface area contributed by atoms with Crippen molar-refractivity contribution in [1.82, 2.24) is 14.2 Å². The quantitative estimate of drug-likeness (QED) is 0.839. The second-order valence-electron chi connectivity index (χ2n) is 5.28. The van der Waals surface area contributed by atoms with Crippen molar-refractivity contribution in [2.45, 2.75) is 11.4 Å². The van der Waals surface area contributed by atoms with Gasteiger partial charge in [-0.05, 0) is 12.1 Å². The smallest absolute Gasteiger partial charge is 0.244 e. The van der Waals surface area contributed by atoms with Gasteiger partial charge in [0, 0.05) is 43.8 Å². The Morgan fingerprint density at radius 1 is 1.21 bits per heavy atom. The van der Waals surface area contributed by atoms with Crippen LogP contribution < -0.4 is 5.73 Å². The summed E-state index contributed by atoms with van der Waals surface area (Å²) in [6, 6.07) is 6.55. The number of nitrogens with zero attached hydrogens (tertiary/aromatic N) is 3. The Morgan fingerprint density at radius 3 is 2.46 bits per heavy atom. The van der Waals surface area contributed by atoms with Crippen LogP contribution in [0.1, 0.15) is 4.88 Å². The van der Waals surface area contributed by atoms with Gasteiger partial charge in [-0.3, -0.25) is 4.90 Å². The van der Waals surface area contributed by atoms with Crippen LogP contribution in [0.15, 0.2) is 35.4 Å². The van der Waals surface area contributed by atoms with Gasteiger partial charge in [-0.2, -0.15) is 4.31 Å². The van der Waals surface area contributed by atoms with E-state index in [1.807, 2.05) is 0 Å². The van der Waals surface area contributed by atoms with Gasteiger partial charge in [0.2, 0.25) is 10.0 Å². The Labute approximate surface area is 156 Å². The second-order valence-corrected chi connectivity index (χ2v) is 8.74. The first-order valence-electron chi connectivity index (χ1n) is 7.14. The standard InChI is InChI=1S/C14H17ClN4O2S2.ClH/c15-12-3-1-2-4-13(12)23(20,21)19-7-5-18(6-8-19)10-11-9-17-14(16)22-11;/h1-4,9H,5-8,10H2,(H2,16,17);1H. The van der Waals surface area contributed by atoms with Crippen molar-refractivity contribution in [2.75, 3.05) is 31.9 Å². The van der Waals surface area contributed by atoms with Gasteiger partial charge in [0.1, 0.15) is 4.90 Å². The van der Waals surface area contributed by atoms with E-state index in [1.165, 1.54) is 15.6 Å². The summed E-state index contributed by atoms with van der Waals surface area (Å²) in [5.41, 5.74) is 5.63. The highest BCUT2D eigenvalue weighted by Gasteiger charge is 2.29. The Bertz CT molecular complexity index is 790. The van der Waals surface area contributed by atoms with Crippen LogP contribution in [0, 0.1) is 0 Å². The molecular weight excluding hydrogens is 391 g/mol. The number of thiazole rings is 1. The van der Waals surface area contributed by atoms with Crippen molar-refractivity contribution < 1.29 is 8.42 Å². The third-order valence-corrected chi connectivity index (χ3v) is 6.95. The van der Waals surface area contributed by atoms with Gasteiger partial charge in [-0.1, -0.05) is 23.7 Å². The lowest BCUT2D eigenvalue weighted by atomic mass is 10.3. The largest absolute Gasteiger partial charge is 0.375 e. The van der Waals surface area contributed by atoms with Crippen molar-refractivity contribution in [3.8, 4) is 0 Å². The predicted molar refractivity (Wildman–Crippen MR) is 99.3 cm³/mol. The van der Waals surface area contributed by atoms with Crippen molar-refractivity contribution in [1.29, 1.82) is 0 Å². The zero-order valence-electron chi connectivity index (χ0n) is 12.8. The molecular formula is C14H18Cl2N4O2S2. The molecule has 2 heterocycles. The van der Waals surface area contributed by atoms with E-state index >= 15 is 0 Å². The minimum Gasteiger partial charge on any atom is -0.375 e. The highest BCUT2D eigenvalue weighted by atomic mass is 35.5. The minimum atomic E-state index is -3.54. The fourth-order valence-corrected chi connectivity index (χ4v) is 5.18. The monoisotopic (exact) mass is 408 g/mol. The molecule has 1 fully saturated rings. The molecule has 0 radical (unpaired) electrons. The summed E-state index contributed by atoms with van der Waals surface area (Å²) in [5.74, 6) is 0. The third-order valence-electron chi connectivity index (χ3n) is 3.74. The molecule has 0 spiro atoms. The summed E-state index contributed by atoms with van der Waals surface area (Å²) in [7, 11) is -3.54. The lowest BCUT2D eigenvalue weighted by molar-refractivity contribution is 0.183. The molecule has 1 aromatic carbocycles. The Kier molecular flexibility index (Phi) is 6.46. The molecule has 0 unspecified atom stereocenters. The van der Waals surface area contributed by atoms with Crippen LogP contribution >= 0.6 is 35.3 Å². The lowest BCUT2D eigenvalue weighted by Crippen LogP contribution is -2.48. The van der Waals surface area contributed by atoms with Crippen molar-refractivity contribution in [3.63, 3.8) is 0 Å². The molecule has 2 N–H and O–H groups in total. The highest BCUT2D eigenvalue weighted by Crippen LogP contribution is 2.25. The number of nitrogens with two attached hydrogens (primary N) is 1. The van der Waals surface area contributed by atoms with E-state index in [-0.39, 0.29) is 22.3 Å². The summed E-state index contributed by atoms with van der Waals surface area (Å²) in [4.78, 5) is 7.49. The Morgan fingerprint density at radius 2 is 1.88 bits per heavy atom. The molecule has 0 saturated carbocycles. The van der Waals surface area contributed by atoms with Gasteiger partial charge in [0.15, 0.2) is 5.13 Å². The van der Waals surface area contributed by atoms with E-state index in [4.69, 9.17) is 17.3 Å². The number of piperazine rings is 1. The minimum absolute atomic E-state index is 0. The number of sulfonamides is 1. The average Bonchev–Trinajstić information content (AvgIpc) is 2.93. The van der Waals surface area contributed by atoms with Crippen LogP contribution in [0.2, 0.25) is 5.02 Å². The number of anilines is 1. The first-order valence-corrected chi connectivity index (χ1v) is 9.77. The summed E-state index contributed by atoms with van der Waals surface area (Å²) < 4.78 is 26.8. The van der Waals surface area contributed by atoms with Gasteiger partial charge >= 0.3 is 0 Å². The van der Waals surface area contributed by atoms with Crippen LogP contribution in [-0.4, -0.2) is 48.8 Å². The van der Waals surface area contributed by atoms with Crippen molar-refractivity contribution >= 4 is 50.5 Å². The normalized spacial score (nSPS) is 16.7. The van der Waals surface area contributed by atoms with Gasteiger partial charge in [0.25, 0.3) is 0 Å². The maximum atomic E-state index is 12.7. The number of nitrogen functional groups attached to an aromatic ring is 1. The number of hydrogen-bond acceptors (Lipinski definition) is 6. The summed E-state index contributed by atoms with van der Waals surface area (Å²) in [6.07, 6.45) is 1.77. The first-order chi connectivity index (χ1) is 11.0. The molecule has 1 aliphatic heterocycles. The molecule has 3 rings (SSSR count). The lowest BCUT2D eigenvalue weighted by Gasteiger charge is -2.33. The molecule has 0 atom stereocenters. The van der Waals surface area contributed by atoms with Gasteiger partial charge < -0.3 is 5.73 Å². The number of halogens is 2. The van der Waals surface area contributed by atoms with Gasteiger partial charge in [-0.25, -0.2) is 13.4 Å². The summed E-state index contributed by atoms with van der Waals surface area (Å²) in [5, 5.41) is 0.815. The van der Waals surface area contributed by atoms with E-state index in [1.54, 1.807) is 30.5 Å². The average molecular weight is 409 g/mol. The van der Waals surface area contributed by atoms with Gasteiger partial charge in [0.05, 0.1) is 5.02 Å². The molecule has 0 bridgehead atoms. The third kappa shape index (κ3) is 4.19. The van der Waals surface area contributed by atoms with E-state index in [9.17, 15) is 8.42 Å². The molecule has 10 heteroatoms. The number of hydrogen-bond donors (Lipinski definition) is 1. The Hall–Kier alpha value is -0.900.